The van der Waals surface area contributed by atoms with Crippen LogP contribution in [0.4, 0.5) is 5.82 Å². The summed E-state index contributed by atoms with van der Waals surface area (Å²) in [5, 5.41) is 17.4. The zero-order valence-corrected chi connectivity index (χ0v) is 20.5. The van der Waals surface area contributed by atoms with Gasteiger partial charge in [-0.25, -0.2) is 4.98 Å². The zero-order valence-electron chi connectivity index (χ0n) is 18.2. The van der Waals surface area contributed by atoms with Crippen LogP contribution in [0.5, 0.6) is 0 Å². The molecule has 1 aliphatic heterocycles. The molecule has 164 valence electrons. The molecular weight excluding hydrogens is 477 g/mol. The van der Waals surface area contributed by atoms with E-state index < -0.39 is 0 Å². The monoisotopic (exact) mass is 515 g/mol. The van der Waals surface area contributed by atoms with E-state index in [-0.39, 0.29) is 35.5 Å². The molecule has 2 aliphatic rings. The number of halogens is 1. The minimum atomic E-state index is -0.238. The lowest BCUT2D eigenvalue weighted by molar-refractivity contribution is 0.00715. The van der Waals surface area contributed by atoms with Crippen molar-refractivity contribution in [3.05, 3.63) is 23.9 Å². The fraction of sp³-hybridized carbons (Fsp3) is 0.727. The number of hydrogen-bond acceptors (Lipinski definition) is 4. The van der Waals surface area contributed by atoms with Crippen LogP contribution in [0.3, 0.4) is 0 Å². The molecule has 7 heteroatoms. The number of piperidine rings is 1. The Kier molecular flexibility index (Phi) is 9.46. The molecule has 1 saturated heterocycles. The lowest BCUT2D eigenvalue weighted by Crippen LogP contribution is -2.49. The molecule has 29 heavy (non-hydrogen) atoms. The van der Waals surface area contributed by atoms with E-state index in [9.17, 15) is 5.11 Å². The number of aliphatic hydroxyl groups is 1. The number of pyridine rings is 1. The first-order valence-electron chi connectivity index (χ1n) is 10.9. The number of aliphatic hydroxyl groups excluding tert-OH is 1. The van der Waals surface area contributed by atoms with Gasteiger partial charge in [-0.1, -0.05) is 25.8 Å². The van der Waals surface area contributed by atoms with E-state index in [1.165, 1.54) is 6.42 Å². The van der Waals surface area contributed by atoms with Crippen LogP contribution in [0.1, 0.15) is 58.1 Å². The van der Waals surface area contributed by atoms with Gasteiger partial charge in [0.2, 0.25) is 0 Å². The molecule has 0 amide bonds. The van der Waals surface area contributed by atoms with Crippen molar-refractivity contribution in [1.82, 2.24) is 15.6 Å². The second-order valence-electron chi connectivity index (χ2n) is 8.65. The number of nitrogens with zero attached hydrogens (tertiary/aromatic N) is 3. The Balaban J connectivity index is 0.00000300. The molecule has 1 aromatic rings. The molecule has 2 atom stereocenters. The average molecular weight is 515 g/mol. The van der Waals surface area contributed by atoms with Crippen LogP contribution in [-0.4, -0.2) is 54.4 Å². The van der Waals surface area contributed by atoms with Gasteiger partial charge in [-0.05, 0) is 51.7 Å². The number of guanidine groups is 1. The van der Waals surface area contributed by atoms with Gasteiger partial charge in [0.15, 0.2) is 5.96 Å². The van der Waals surface area contributed by atoms with Crippen LogP contribution in [0.25, 0.3) is 0 Å². The molecule has 0 radical (unpaired) electrons. The minimum Gasteiger partial charge on any atom is -0.392 e. The highest BCUT2D eigenvalue weighted by Gasteiger charge is 2.35. The average Bonchev–Trinajstić information content (AvgIpc) is 2.69. The normalized spacial score (nSPS) is 26.0. The summed E-state index contributed by atoms with van der Waals surface area (Å²) in [6, 6.07) is 6.64. The molecule has 2 unspecified atom stereocenters. The Hall–Kier alpha value is -1.09. The third-order valence-corrected chi connectivity index (χ3v) is 6.26. The van der Waals surface area contributed by atoms with Gasteiger partial charge in [-0.2, -0.15) is 0 Å². The maximum atomic E-state index is 10.4. The molecule has 1 aromatic heterocycles. The summed E-state index contributed by atoms with van der Waals surface area (Å²) in [5.41, 5.74) is 0.971. The third kappa shape index (κ3) is 6.70. The summed E-state index contributed by atoms with van der Waals surface area (Å²) in [6.07, 6.45) is 6.18. The summed E-state index contributed by atoms with van der Waals surface area (Å²) in [5.74, 6) is 1.96. The smallest absolute Gasteiger partial charge is 0.191 e. The van der Waals surface area contributed by atoms with Crippen LogP contribution in [0.15, 0.2) is 23.2 Å². The molecule has 1 aliphatic carbocycles. The topological polar surface area (TPSA) is 72.8 Å². The summed E-state index contributed by atoms with van der Waals surface area (Å²) in [4.78, 5) is 11.9. The van der Waals surface area contributed by atoms with E-state index in [1.807, 2.05) is 13.0 Å². The van der Waals surface area contributed by atoms with Crippen molar-refractivity contribution in [1.29, 1.82) is 0 Å². The number of aliphatic imine (C=N–C) groups is 1. The molecule has 6 nitrogen and oxygen atoms in total. The molecule has 0 bridgehead atoms. The minimum absolute atomic E-state index is 0. The highest BCUT2D eigenvalue weighted by Crippen LogP contribution is 2.36. The van der Waals surface area contributed by atoms with E-state index in [4.69, 9.17) is 4.99 Å². The Morgan fingerprint density at radius 3 is 2.69 bits per heavy atom. The summed E-state index contributed by atoms with van der Waals surface area (Å²) in [6.45, 7) is 9.85. The van der Waals surface area contributed by atoms with Crippen LogP contribution >= 0.6 is 24.0 Å². The molecule has 0 spiro atoms. The van der Waals surface area contributed by atoms with Gasteiger partial charge in [-0.3, -0.25) is 4.99 Å². The quantitative estimate of drug-likeness (QED) is 0.318. The van der Waals surface area contributed by atoms with Crippen molar-refractivity contribution in [2.24, 2.45) is 10.4 Å². The van der Waals surface area contributed by atoms with Crippen LogP contribution in [-0.2, 0) is 0 Å². The Morgan fingerprint density at radius 2 is 2.03 bits per heavy atom. The predicted octanol–water partition coefficient (Wildman–Crippen LogP) is 3.47. The fourth-order valence-corrected chi connectivity index (χ4v) is 4.30. The van der Waals surface area contributed by atoms with E-state index in [0.717, 1.165) is 69.2 Å². The van der Waals surface area contributed by atoms with Gasteiger partial charge in [0.1, 0.15) is 5.82 Å². The van der Waals surface area contributed by atoms with Gasteiger partial charge >= 0.3 is 0 Å². The Morgan fingerprint density at radius 1 is 1.28 bits per heavy atom. The van der Waals surface area contributed by atoms with Gasteiger partial charge in [-0.15, -0.1) is 24.0 Å². The van der Waals surface area contributed by atoms with Crippen LogP contribution in [0.2, 0.25) is 0 Å². The number of rotatable bonds is 5. The first-order valence-corrected chi connectivity index (χ1v) is 10.9. The molecule has 3 N–H and O–H groups in total. The summed E-state index contributed by atoms with van der Waals surface area (Å²) >= 11 is 0. The molecule has 1 saturated carbocycles. The number of nitrogens with one attached hydrogen (secondary N) is 2. The third-order valence-electron chi connectivity index (χ3n) is 6.26. The van der Waals surface area contributed by atoms with Crippen molar-refractivity contribution in [2.75, 3.05) is 31.1 Å². The molecule has 0 aromatic carbocycles. The number of hydrogen-bond donors (Lipinski definition) is 3. The largest absolute Gasteiger partial charge is 0.392 e. The predicted molar refractivity (Wildman–Crippen MR) is 131 cm³/mol. The zero-order chi connectivity index (χ0) is 20.0. The fourth-order valence-electron chi connectivity index (χ4n) is 4.30. The Bertz CT molecular complexity index is 662. The van der Waals surface area contributed by atoms with Gasteiger partial charge in [0, 0.05) is 36.8 Å². The van der Waals surface area contributed by atoms with E-state index in [0.29, 0.717) is 12.6 Å². The molecule has 2 fully saturated rings. The first-order chi connectivity index (χ1) is 13.5. The van der Waals surface area contributed by atoms with Crippen molar-refractivity contribution in [3.63, 3.8) is 0 Å². The van der Waals surface area contributed by atoms with Crippen LogP contribution in [0, 0.1) is 12.3 Å². The van der Waals surface area contributed by atoms with E-state index in [1.54, 1.807) is 0 Å². The van der Waals surface area contributed by atoms with Gasteiger partial charge < -0.3 is 20.6 Å². The van der Waals surface area contributed by atoms with Crippen molar-refractivity contribution in [3.8, 4) is 0 Å². The standard InChI is InChI=1S/C22H37N5O.HI/c1-4-23-21(24-16-22(3)13-6-5-9-19(22)28)26-18-11-14-27(15-12-18)20-10-7-8-17(2)25-20;/h7-8,10,18-19,28H,4-6,9,11-16H2,1-3H3,(H2,23,24,26);1H. The SMILES string of the molecule is CCNC(=NCC1(C)CCCCC1O)NC1CCN(c2cccc(C)n2)CC1.I. The maximum absolute atomic E-state index is 10.4. The molecule has 2 heterocycles. The highest BCUT2D eigenvalue weighted by atomic mass is 127. The highest BCUT2D eigenvalue weighted by molar-refractivity contribution is 14.0. The van der Waals surface area contributed by atoms with E-state index >= 15 is 0 Å². The molecular formula is C22H38IN5O. The maximum Gasteiger partial charge on any atom is 0.191 e. The number of aromatic nitrogens is 1. The van der Waals surface area contributed by atoms with Crippen molar-refractivity contribution in [2.45, 2.75) is 71.4 Å². The molecule has 3 rings (SSSR count). The van der Waals surface area contributed by atoms with Crippen molar-refractivity contribution < 1.29 is 5.11 Å². The van der Waals surface area contributed by atoms with Gasteiger partial charge in [0.05, 0.1) is 12.6 Å². The number of aryl methyl sites for hydroxylation is 1. The Labute approximate surface area is 193 Å². The summed E-state index contributed by atoms with van der Waals surface area (Å²) < 4.78 is 0. The lowest BCUT2D eigenvalue weighted by atomic mass is 9.73. The van der Waals surface area contributed by atoms with Gasteiger partial charge in [0.25, 0.3) is 0 Å². The van der Waals surface area contributed by atoms with Crippen molar-refractivity contribution >= 4 is 35.8 Å². The van der Waals surface area contributed by atoms with E-state index in [2.05, 4.69) is 46.5 Å². The first kappa shape index (κ1) is 24.2. The lowest BCUT2D eigenvalue weighted by Gasteiger charge is -2.37. The number of anilines is 1. The van der Waals surface area contributed by atoms with Crippen LogP contribution < -0.4 is 15.5 Å². The second kappa shape index (κ2) is 11.3. The summed E-state index contributed by atoms with van der Waals surface area (Å²) in [7, 11) is 0. The second-order valence-corrected chi connectivity index (χ2v) is 8.65.